The van der Waals surface area contributed by atoms with Gasteiger partial charge in [-0.15, -0.1) is 20.4 Å². The molecule has 2 aromatic heterocycles. The van der Waals surface area contributed by atoms with Crippen LogP contribution in [0.2, 0.25) is 5.02 Å². The van der Waals surface area contributed by atoms with Crippen molar-refractivity contribution in [1.82, 2.24) is 25.0 Å². The Labute approximate surface area is 169 Å². The number of rotatable bonds is 6. The lowest BCUT2D eigenvalue weighted by Crippen LogP contribution is -1.98. The van der Waals surface area contributed by atoms with Crippen molar-refractivity contribution < 1.29 is 0 Å². The van der Waals surface area contributed by atoms with Gasteiger partial charge in [0.25, 0.3) is 0 Å². The van der Waals surface area contributed by atoms with Crippen LogP contribution in [0.3, 0.4) is 0 Å². The Morgan fingerprint density at radius 3 is 2.56 bits per heavy atom. The molecule has 2 aromatic carbocycles. The van der Waals surface area contributed by atoms with E-state index in [1.54, 1.807) is 11.8 Å². The van der Waals surface area contributed by atoms with Crippen LogP contribution in [0.5, 0.6) is 0 Å². The maximum Gasteiger partial charge on any atom is 0.210 e. The molecular weight excluding hydrogens is 400 g/mol. The van der Waals surface area contributed by atoms with E-state index in [4.69, 9.17) is 11.6 Å². The first-order valence-corrected chi connectivity index (χ1v) is 10.3. The van der Waals surface area contributed by atoms with Crippen LogP contribution in [0.4, 0.5) is 10.8 Å². The number of nitrogens with one attached hydrogen (secondary N) is 1. The summed E-state index contributed by atoms with van der Waals surface area (Å²) >= 11 is 9.01. The molecule has 0 radical (unpaired) electrons. The highest BCUT2D eigenvalue weighted by atomic mass is 35.5. The van der Waals surface area contributed by atoms with Crippen LogP contribution in [0.25, 0.3) is 5.69 Å². The average Bonchev–Trinajstić information content (AvgIpc) is 3.29. The van der Waals surface area contributed by atoms with Crippen molar-refractivity contribution >= 4 is 45.5 Å². The van der Waals surface area contributed by atoms with Gasteiger partial charge in [0.2, 0.25) is 5.13 Å². The molecule has 4 rings (SSSR count). The second-order valence-corrected chi connectivity index (χ2v) is 8.06. The van der Waals surface area contributed by atoms with E-state index in [-0.39, 0.29) is 0 Å². The summed E-state index contributed by atoms with van der Waals surface area (Å²) in [6.07, 6.45) is 0. The first-order chi connectivity index (χ1) is 13.2. The van der Waals surface area contributed by atoms with Gasteiger partial charge in [0.05, 0.1) is 5.75 Å². The van der Waals surface area contributed by atoms with E-state index in [1.807, 2.05) is 66.1 Å². The molecular formula is C18H15ClN6S2. The Hall–Kier alpha value is -2.42. The summed E-state index contributed by atoms with van der Waals surface area (Å²) in [4.78, 5) is 0. The zero-order valence-electron chi connectivity index (χ0n) is 14.3. The number of benzene rings is 2. The Balaban J connectivity index is 1.44. The quantitative estimate of drug-likeness (QED) is 0.442. The summed E-state index contributed by atoms with van der Waals surface area (Å²) in [5.74, 6) is 1.52. The molecule has 0 bridgehead atoms. The van der Waals surface area contributed by atoms with Gasteiger partial charge < -0.3 is 5.32 Å². The Morgan fingerprint density at radius 2 is 1.78 bits per heavy atom. The molecule has 6 nitrogen and oxygen atoms in total. The SMILES string of the molecule is Cc1nnc(SCc2nnc(Nc3ccc(Cl)cc3)s2)n1-c1ccccc1. The predicted molar refractivity (Wildman–Crippen MR) is 110 cm³/mol. The summed E-state index contributed by atoms with van der Waals surface area (Å²) in [7, 11) is 0. The highest BCUT2D eigenvalue weighted by molar-refractivity contribution is 7.98. The molecule has 9 heteroatoms. The Kier molecular flexibility index (Phi) is 5.38. The Morgan fingerprint density at radius 1 is 1.00 bits per heavy atom. The van der Waals surface area contributed by atoms with Crippen molar-refractivity contribution in [2.24, 2.45) is 0 Å². The maximum atomic E-state index is 5.91. The van der Waals surface area contributed by atoms with Gasteiger partial charge in [-0.1, -0.05) is 52.9 Å². The van der Waals surface area contributed by atoms with Crippen LogP contribution in [0, 0.1) is 6.92 Å². The standard InChI is InChI=1S/C18H15ClN6S2/c1-12-21-24-18(25(12)15-5-3-2-4-6-15)26-11-16-22-23-17(27-16)20-14-9-7-13(19)8-10-14/h2-10H,11H2,1H3,(H,20,23). The number of hydrogen-bond donors (Lipinski definition) is 1. The summed E-state index contributed by atoms with van der Waals surface area (Å²) in [5, 5.41) is 23.4. The monoisotopic (exact) mass is 414 g/mol. The fourth-order valence-electron chi connectivity index (χ4n) is 2.46. The fourth-order valence-corrected chi connectivity index (χ4v) is 4.33. The highest BCUT2D eigenvalue weighted by Crippen LogP contribution is 2.28. The van der Waals surface area contributed by atoms with Crippen molar-refractivity contribution in [3.8, 4) is 5.69 Å². The number of nitrogens with zero attached hydrogens (tertiary/aromatic N) is 5. The summed E-state index contributed by atoms with van der Waals surface area (Å²) in [6, 6.07) is 17.6. The van der Waals surface area contributed by atoms with E-state index in [0.717, 1.165) is 32.5 Å². The summed E-state index contributed by atoms with van der Waals surface area (Å²) in [5.41, 5.74) is 1.97. The van der Waals surface area contributed by atoms with Crippen molar-refractivity contribution in [2.45, 2.75) is 17.8 Å². The van der Waals surface area contributed by atoms with Crippen molar-refractivity contribution in [1.29, 1.82) is 0 Å². The topological polar surface area (TPSA) is 68.5 Å². The van der Waals surface area contributed by atoms with Gasteiger partial charge in [-0.2, -0.15) is 0 Å². The van der Waals surface area contributed by atoms with Gasteiger partial charge in [-0.05, 0) is 43.3 Å². The van der Waals surface area contributed by atoms with E-state index in [0.29, 0.717) is 10.8 Å². The lowest BCUT2D eigenvalue weighted by atomic mass is 10.3. The lowest BCUT2D eigenvalue weighted by molar-refractivity contribution is 0.867. The molecule has 0 atom stereocenters. The van der Waals surface area contributed by atoms with E-state index in [2.05, 4.69) is 25.7 Å². The van der Waals surface area contributed by atoms with Gasteiger partial charge in [0.1, 0.15) is 10.8 Å². The smallest absolute Gasteiger partial charge is 0.210 e. The zero-order chi connectivity index (χ0) is 18.6. The maximum absolute atomic E-state index is 5.91. The first-order valence-electron chi connectivity index (χ1n) is 8.14. The van der Waals surface area contributed by atoms with E-state index >= 15 is 0 Å². The third kappa shape index (κ3) is 4.29. The number of anilines is 2. The minimum Gasteiger partial charge on any atom is -0.330 e. The molecule has 4 aromatic rings. The fraction of sp³-hybridized carbons (Fsp3) is 0.111. The molecule has 0 aliphatic carbocycles. The van der Waals surface area contributed by atoms with Crippen LogP contribution >= 0.6 is 34.7 Å². The van der Waals surface area contributed by atoms with Gasteiger partial charge in [-0.3, -0.25) is 4.57 Å². The molecule has 0 saturated carbocycles. The number of halogens is 1. The van der Waals surface area contributed by atoms with Gasteiger partial charge in [-0.25, -0.2) is 0 Å². The summed E-state index contributed by atoms with van der Waals surface area (Å²) < 4.78 is 2.04. The molecule has 0 saturated heterocycles. The Bertz CT molecular complexity index is 1030. The van der Waals surface area contributed by atoms with Crippen molar-refractivity contribution in [2.75, 3.05) is 5.32 Å². The number of hydrogen-bond acceptors (Lipinski definition) is 7. The van der Waals surface area contributed by atoms with E-state index < -0.39 is 0 Å². The minimum atomic E-state index is 0.672. The first kappa shape index (κ1) is 18.0. The number of aromatic nitrogens is 5. The molecule has 0 fully saturated rings. The average molecular weight is 415 g/mol. The molecule has 0 amide bonds. The molecule has 0 spiro atoms. The lowest BCUT2D eigenvalue weighted by Gasteiger charge is -2.07. The van der Waals surface area contributed by atoms with Crippen LogP contribution in [0.15, 0.2) is 59.8 Å². The van der Waals surface area contributed by atoms with Crippen molar-refractivity contribution in [3.63, 3.8) is 0 Å². The second-order valence-electron chi connectivity index (χ2n) is 5.62. The molecule has 0 aliphatic rings. The molecule has 0 unspecified atom stereocenters. The van der Waals surface area contributed by atoms with E-state index in [1.165, 1.54) is 11.3 Å². The van der Waals surface area contributed by atoms with Gasteiger partial charge >= 0.3 is 0 Å². The number of aryl methyl sites for hydroxylation is 1. The van der Waals surface area contributed by atoms with Crippen LogP contribution < -0.4 is 5.32 Å². The number of thioether (sulfide) groups is 1. The molecule has 0 aliphatic heterocycles. The highest BCUT2D eigenvalue weighted by Gasteiger charge is 2.13. The van der Waals surface area contributed by atoms with E-state index in [9.17, 15) is 0 Å². The predicted octanol–water partition coefficient (Wildman–Crippen LogP) is 5.12. The minimum absolute atomic E-state index is 0.672. The van der Waals surface area contributed by atoms with Gasteiger partial charge in [0, 0.05) is 16.4 Å². The largest absolute Gasteiger partial charge is 0.330 e. The molecule has 2 heterocycles. The number of para-hydroxylation sites is 1. The summed E-state index contributed by atoms with van der Waals surface area (Å²) in [6.45, 7) is 1.95. The van der Waals surface area contributed by atoms with Crippen LogP contribution in [-0.2, 0) is 5.75 Å². The van der Waals surface area contributed by atoms with Gasteiger partial charge in [0.15, 0.2) is 5.16 Å². The van der Waals surface area contributed by atoms with Crippen LogP contribution in [-0.4, -0.2) is 25.0 Å². The van der Waals surface area contributed by atoms with Crippen molar-refractivity contribution in [3.05, 3.63) is 70.5 Å². The second kappa shape index (κ2) is 8.08. The molecule has 136 valence electrons. The molecule has 1 N–H and O–H groups in total. The third-order valence-corrected chi connectivity index (χ3v) is 5.91. The van der Waals surface area contributed by atoms with Crippen LogP contribution in [0.1, 0.15) is 10.8 Å². The molecule has 27 heavy (non-hydrogen) atoms. The normalized spacial score (nSPS) is 10.9. The third-order valence-electron chi connectivity index (χ3n) is 3.70. The zero-order valence-corrected chi connectivity index (χ0v) is 16.7.